The van der Waals surface area contributed by atoms with Crippen molar-refractivity contribution >= 4 is 12.0 Å². The number of carbonyl (C=O) groups excluding carboxylic acids is 1. The monoisotopic (exact) mass is 282 g/mol. The number of carbonyl (C=O) groups is 2. The lowest BCUT2D eigenvalue weighted by Crippen LogP contribution is -2.46. The normalized spacial score (nSPS) is 15.8. The molecule has 0 atom stereocenters. The highest BCUT2D eigenvalue weighted by atomic mass is 16.4. The summed E-state index contributed by atoms with van der Waals surface area (Å²) in [5.41, 5.74) is 1.54. The molecule has 1 aliphatic rings. The summed E-state index contributed by atoms with van der Waals surface area (Å²) in [5.74, 6) is -0.871. The van der Waals surface area contributed by atoms with E-state index in [2.05, 4.69) is 26.8 Å². The van der Waals surface area contributed by atoms with Gasteiger partial charge in [0.2, 0.25) is 0 Å². The Bertz CT molecular complexity index is 396. The molecule has 0 saturated heterocycles. The summed E-state index contributed by atoms with van der Waals surface area (Å²) in [5, 5.41) is 8.71. The Balaban J connectivity index is 2.61. The van der Waals surface area contributed by atoms with Crippen molar-refractivity contribution in [1.82, 2.24) is 9.80 Å². The van der Waals surface area contributed by atoms with Gasteiger partial charge in [0, 0.05) is 26.2 Å². The van der Waals surface area contributed by atoms with E-state index < -0.39 is 5.97 Å². The number of aliphatic carboxylic acids is 1. The second-order valence-electron chi connectivity index (χ2n) is 6.18. The largest absolute Gasteiger partial charge is 0.481 e. The van der Waals surface area contributed by atoms with Crippen LogP contribution in [0.2, 0.25) is 0 Å². The zero-order chi connectivity index (χ0) is 15.3. The number of rotatable bonds is 4. The Morgan fingerprint density at radius 3 is 2.45 bits per heavy atom. The van der Waals surface area contributed by atoms with E-state index in [-0.39, 0.29) is 24.4 Å². The Hall–Kier alpha value is -1.52. The second-order valence-corrected chi connectivity index (χ2v) is 6.18. The minimum absolute atomic E-state index is 0.00347. The van der Waals surface area contributed by atoms with Crippen LogP contribution in [0, 0.1) is 5.41 Å². The first-order chi connectivity index (χ1) is 9.25. The molecule has 2 amide bonds. The van der Waals surface area contributed by atoms with Crippen LogP contribution in [0.5, 0.6) is 0 Å². The first-order valence-electron chi connectivity index (χ1n) is 7.21. The van der Waals surface area contributed by atoms with Gasteiger partial charge >= 0.3 is 12.0 Å². The van der Waals surface area contributed by atoms with Gasteiger partial charge in [0.1, 0.15) is 0 Å². The predicted molar refractivity (Wildman–Crippen MR) is 78.6 cm³/mol. The van der Waals surface area contributed by atoms with E-state index in [1.807, 2.05) is 6.92 Å². The quantitative estimate of drug-likeness (QED) is 0.806. The van der Waals surface area contributed by atoms with Crippen molar-refractivity contribution < 1.29 is 14.7 Å². The zero-order valence-electron chi connectivity index (χ0n) is 13.0. The van der Waals surface area contributed by atoms with Crippen molar-refractivity contribution in [2.24, 2.45) is 5.41 Å². The number of carboxylic acids is 1. The minimum atomic E-state index is -0.871. The third-order valence-electron chi connectivity index (χ3n) is 3.69. The number of hydrogen-bond acceptors (Lipinski definition) is 2. The molecule has 0 aromatic heterocycles. The van der Waals surface area contributed by atoms with Crippen molar-refractivity contribution in [3.63, 3.8) is 0 Å². The average molecular weight is 282 g/mol. The van der Waals surface area contributed by atoms with Crippen LogP contribution in [-0.2, 0) is 4.79 Å². The van der Waals surface area contributed by atoms with E-state index in [9.17, 15) is 9.59 Å². The molecule has 0 aromatic carbocycles. The highest BCUT2D eigenvalue weighted by Crippen LogP contribution is 2.30. The summed E-state index contributed by atoms with van der Waals surface area (Å²) in [6, 6.07) is -0.0574. The predicted octanol–water partition coefficient (Wildman–Crippen LogP) is 2.58. The molecule has 0 aliphatic carbocycles. The van der Waals surface area contributed by atoms with Crippen LogP contribution in [0.15, 0.2) is 11.6 Å². The number of carboxylic acid groups (broad SMARTS) is 1. The van der Waals surface area contributed by atoms with Crippen LogP contribution in [0.25, 0.3) is 0 Å². The molecule has 1 heterocycles. The van der Waals surface area contributed by atoms with Crippen LogP contribution in [-0.4, -0.2) is 53.1 Å². The molecule has 0 spiro atoms. The lowest BCUT2D eigenvalue weighted by molar-refractivity contribution is -0.137. The minimum Gasteiger partial charge on any atom is -0.481 e. The van der Waals surface area contributed by atoms with Gasteiger partial charge in [-0.15, -0.1) is 0 Å². The highest BCUT2D eigenvalue weighted by molar-refractivity contribution is 5.76. The molecule has 114 valence electrons. The van der Waals surface area contributed by atoms with E-state index in [4.69, 9.17) is 5.11 Å². The van der Waals surface area contributed by atoms with Gasteiger partial charge in [-0.05, 0) is 18.8 Å². The van der Waals surface area contributed by atoms with E-state index in [1.165, 1.54) is 5.57 Å². The lowest BCUT2D eigenvalue weighted by atomic mass is 9.83. The third-order valence-corrected chi connectivity index (χ3v) is 3.69. The maximum Gasteiger partial charge on any atom is 0.320 e. The average Bonchev–Trinajstić information content (AvgIpc) is 2.38. The van der Waals surface area contributed by atoms with Crippen LogP contribution in [0.3, 0.4) is 0 Å². The fraction of sp³-hybridized carbons (Fsp3) is 0.733. The Kier molecular flexibility index (Phi) is 5.60. The smallest absolute Gasteiger partial charge is 0.320 e. The van der Waals surface area contributed by atoms with Gasteiger partial charge in [-0.3, -0.25) is 4.79 Å². The van der Waals surface area contributed by atoms with Crippen molar-refractivity contribution in [1.29, 1.82) is 0 Å². The molecule has 0 unspecified atom stereocenters. The molecule has 1 N–H and O–H groups in total. The topological polar surface area (TPSA) is 60.9 Å². The lowest BCUT2D eigenvalue weighted by Gasteiger charge is -2.35. The first kappa shape index (κ1) is 16.5. The summed E-state index contributed by atoms with van der Waals surface area (Å²) in [4.78, 5) is 26.3. The van der Waals surface area contributed by atoms with Crippen LogP contribution in [0.4, 0.5) is 4.79 Å². The van der Waals surface area contributed by atoms with Gasteiger partial charge in [0.25, 0.3) is 0 Å². The van der Waals surface area contributed by atoms with Gasteiger partial charge in [0.05, 0.1) is 6.42 Å². The molecule has 0 saturated carbocycles. The molecule has 0 radical (unpaired) electrons. The third kappa shape index (κ3) is 4.54. The van der Waals surface area contributed by atoms with Crippen molar-refractivity contribution in [3.8, 4) is 0 Å². The fourth-order valence-corrected chi connectivity index (χ4v) is 2.34. The van der Waals surface area contributed by atoms with Gasteiger partial charge in [0.15, 0.2) is 0 Å². The highest BCUT2D eigenvalue weighted by Gasteiger charge is 2.25. The molecule has 0 bridgehead atoms. The number of amides is 2. The van der Waals surface area contributed by atoms with Crippen LogP contribution in [0.1, 0.15) is 40.5 Å². The zero-order valence-corrected chi connectivity index (χ0v) is 13.0. The van der Waals surface area contributed by atoms with Gasteiger partial charge in [-0.2, -0.15) is 0 Å². The first-order valence-corrected chi connectivity index (χ1v) is 7.21. The molecule has 5 heteroatoms. The van der Waals surface area contributed by atoms with Gasteiger partial charge in [-0.25, -0.2) is 4.79 Å². The van der Waals surface area contributed by atoms with Crippen LogP contribution < -0.4 is 0 Å². The summed E-state index contributed by atoms with van der Waals surface area (Å²) >= 11 is 0. The summed E-state index contributed by atoms with van der Waals surface area (Å²) in [6.07, 6.45) is 3.02. The van der Waals surface area contributed by atoms with Gasteiger partial charge in [-0.1, -0.05) is 32.4 Å². The Morgan fingerprint density at radius 2 is 2.05 bits per heavy atom. The maximum absolute atomic E-state index is 12.3. The molecular formula is C15H26N2O3. The molecule has 1 aliphatic heterocycles. The molecular weight excluding hydrogens is 256 g/mol. The van der Waals surface area contributed by atoms with E-state index in [0.717, 1.165) is 6.42 Å². The Morgan fingerprint density at radius 1 is 1.40 bits per heavy atom. The maximum atomic E-state index is 12.3. The van der Waals surface area contributed by atoms with Crippen molar-refractivity contribution in [2.75, 3.05) is 26.2 Å². The number of hydrogen-bond donors (Lipinski definition) is 1. The van der Waals surface area contributed by atoms with Gasteiger partial charge < -0.3 is 14.9 Å². The molecule has 1 rings (SSSR count). The van der Waals surface area contributed by atoms with E-state index in [0.29, 0.717) is 19.6 Å². The standard InChI is InChI=1S/C15H26N2O3/c1-5-16(11-8-13(18)19)14(20)17-9-6-12(7-10-17)15(2,3)4/h6H,5,7-11H2,1-4H3,(H,18,19). The molecule has 20 heavy (non-hydrogen) atoms. The fourth-order valence-electron chi connectivity index (χ4n) is 2.34. The van der Waals surface area contributed by atoms with E-state index >= 15 is 0 Å². The summed E-state index contributed by atoms with van der Waals surface area (Å²) < 4.78 is 0. The number of nitrogens with zero attached hydrogens (tertiary/aromatic N) is 2. The molecule has 5 nitrogen and oxygen atoms in total. The Labute approximate surface area is 121 Å². The summed E-state index contributed by atoms with van der Waals surface area (Å²) in [7, 11) is 0. The molecule has 0 fully saturated rings. The summed E-state index contributed by atoms with van der Waals surface area (Å²) in [6.45, 7) is 10.6. The molecule has 0 aromatic rings. The van der Waals surface area contributed by atoms with Crippen molar-refractivity contribution in [2.45, 2.75) is 40.5 Å². The second kappa shape index (κ2) is 6.77. The number of urea groups is 1. The van der Waals surface area contributed by atoms with Crippen LogP contribution >= 0.6 is 0 Å². The van der Waals surface area contributed by atoms with Crippen molar-refractivity contribution in [3.05, 3.63) is 11.6 Å². The SMILES string of the molecule is CCN(CCC(=O)O)C(=O)N1CC=C(C(C)(C)C)CC1. The van der Waals surface area contributed by atoms with E-state index in [1.54, 1.807) is 9.80 Å².